The van der Waals surface area contributed by atoms with E-state index < -0.39 is 0 Å². The highest BCUT2D eigenvalue weighted by Crippen LogP contribution is 2.28. The fourth-order valence-corrected chi connectivity index (χ4v) is 2.07. The van der Waals surface area contributed by atoms with E-state index in [4.69, 9.17) is 16.3 Å². The van der Waals surface area contributed by atoms with Crippen LogP contribution in [0.15, 0.2) is 30.6 Å². The summed E-state index contributed by atoms with van der Waals surface area (Å²) in [5, 5.41) is 3.85. The van der Waals surface area contributed by atoms with Crippen molar-refractivity contribution in [2.24, 2.45) is 0 Å². The predicted molar refractivity (Wildman–Crippen MR) is 78.4 cm³/mol. The molecule has 102 valence electrons. The van der Waals surface area contributed by atoms with E-state index in [1.807, 2.05) is 24.4 Å². The molecule has 0 atom stereocenters. The molecule has 1 N–H and O–H groups in total. The molecule has 0 aliphatic heterocycles. The van der Waals surface area contributed by atoms with Crippen molar-refractivity contribution in [2.75, 3.05) is 12.4 Å². The van der Waals surface area contributed by atoms with Crippen molar-refractivity contribution >= 4 is 23.2 Å². The number of methoxy groups -OCH3 is 1. The standard InChI is InChI=1S/C14H18ClN3O/c1-3-4-8-18-9-7-16-14(18)17-11-5-6-13(19-2)12(15)10-11/h5-7,9-10H,3-4,8H2,1-2H3,(H,16,17). The van der Waals surface area contributed by atoms with Crippen LogP contribution in [0, 0.1) is 0 Å². The smallest absolute Gasteiger partial charge is 0.207 e. The third-order valence-electron chi connectivity index (χ3n) is 2.88. The van der Waals surface area contributed by atoms with Crippen LogP contribution in [0.3, 0.4) is 0 Å². The monoisotopic (exact) mass is 279 g/mol. The van der Waals surface area contributed by atoms with Crippen molar-refractivity contribution in [1.29, 1.82) is 0 Å². The van der Waals surface area contributed by atoms with Gasteiger partial charge >= 0.3 is 0 Å². The minimum Gasteiger partial charge on any atom is -0.495 e. The summed E-state index contributed by atoms with van der Waals surface area (Å²) in [6.45, 7) is 3.13. The SMILES string of the molecule is CCCCn1ccnc1Nc1ccc(OC)c(Cl)c1. The summed E-state index contributed by atoms with van der Waals surface area (Å²) >= 11 is 6.10. The third-order valence-corrected chi connectivity index (χ3v) is 3.17. The number of aryl methyl sites for hydroxylation is 1. The fraction of sp³-hybridized carbons (Fsp3) is 0.357. The molecule has 1 aromatic carbocycles. The number of imidazole rings is 1. The lowest BCUT2D eigenvalue weighted by Gasteiger charge is -2.10. The second-order valence-corrected chi connectivity index (χ2v) is 4.68. The molecule has 19 heavy (non-hydrogen) atoms. The molecule has 0 unspecified atom stereocenters. The highest BCUT2D eigenvalue weighted by molar-refractivity contribution is 6.32. The van der Waals surface area contributed by atoms with Gasteiger partial charge in [0, 0.05) is 24.6 Å². The second-order valence-electron chi connectivity index (χ2n) is 4.27. The molecule has 5 heteroatoms. The number of nitrogens with one attached hydrogen (secondary N) is 1. The van der Waals surface area contributed by atoms with E-state index in [0.29, 0.717) is 10.8 Å². The molecular weight excluding hydrogens is 262 g/mol. The number of halogens is 1. The van der Waals surface area contributed by atoms with E-state index >= 15 is 0 Å². The Labute approximate surface area is 118 Å². The molecular formula is C14H18ClN3O. The quantitative estimate of drug-likeness (QED) is 0.866. The zero-order chi connectivity index (χ0) is 13.7. The molecule has 0 spiro atoms. The first-order valence-electron chi connectivity index (χ1n) is 6.36. The normalized spacial score (nSPS) is 10.5. The largest absolute Gasteiger partial charge is 0.495 e. The van der Waals surface area contributed by atoms with Crippen molar-refractivity contribution in [3.05, 3.63) is 35.6 Å². The lowest BCUT2D eigenvalue weighted by molar-refractivity contribution is 0.415. The first-order valence-corrected chi connectivity index (χ1v) is 6.74. The van der Waals surface area contributed by atoms with Crippen molar-refractivity contribution in [3.8, 4) is 5.75 Å². The van der Waals surface area contributed by atoms with Gasteiger partial charge in [-0.3, -0.25) is 0 Å². The number of rotatable bonds is 6. The van der Waals surface area contributed by atoms with Gasteiger partial charge in [0.2, 0.25) is 5.95 Å². The maximum Gasteiger partial charge on any atom is 0.207 e. The van der Waals surface area contributed by atoms with Gasteiger partial charge < -0.3 is 14.6 Å². The average Bonchev–Trinajstić information content (AvgIpc) is 2.84. The summed E-state index contributed by atoms with van der Waals surface area (Å²) in [6.07, 6.45) is 6.06. The molecule has 4 nitrogen and oxygen atoms in total. The summed E-state index contributed by atoms with van der Waals surface area (Å²) in [7, 11) is 1.60. The van der Waals surface area contributed by atoms with Gasteiger partial charge in [-0.1, -0.05) is 24.9 Å². The fourth-order valence-electron chi connectivity index (χ4n) is 1.82. The Hall–Kier alpha value is -1.68. The first kappa shape index (κ1) is 13.7. The van der Waals surface area contributed by atoms with Gasteiger partial charge in [-0.2, -0.15) is 0 Å². The molecule has 0 radical (unpaired) electrons. The van der Waals surface area contributed by atoms with E-state index in [1.54, 1.807) is 13.3 Å². The lowest BCUT2D eigenvalue weighted by Crippen LogP contribution is -2.03. The molecule has 0 amide bonds. The van der Waals surface area contributed by atoms with Crippen LogP contribution in [0.4, 0.5) is 11.6 Å². The lowest BCUT2D eigenvalue weighted by atomic mass is 10.3. The topological polar surface area (TPSA) is 39.1 Å². The Morgan fingerprint density at radius 1 is 1.42 bits per heavy atom. The van der Waals surface area contributed by atoms with Crippen LogP contribution in [-0.2, 0) is 6.54 Å². The van der Waals surface area contributed by atoms with E-state index in [2.05, 4.69) is 21.8 Å². The van der Waals surface area contributed by atoms with Crippen molar-refractivity contribution < 1.29 is 4.74 Å². The highest BCUT2D eigenvalue weighted by Gasteiger charge is 2.05. The van der Waals surface area contributed by atoms with Crippen LogP contribution in [0.2, 0.25) is 5.02 Å². The van der Waals surface area contributed by atoms with Gasteiger partial charge in [-0.05, 0) is 24.6 Å². The van der Waals surface area contributed by atoms with Crippen molar-refractivity contribution in [2.45, 2.75) is 26.3 Å². The van der Waals surface area contributed by atoms with Gasteiger partial charge in [0.15, 0.2) is 0 Å². The molecule has 0 aliphatic carbocycles. The zero-order valence-electron chi connectivity index (χ0n) is 11.2. The summed E-state index contributed by atoms with van der Waals surface area (Å²) in [5.41, 5.74) is 0.898. The van der Waals surface area contributed by atoms with Gasteiger partial charge in [0.25, 0.3) is 0 Å². The number of benzene rings is 1. The van der Waals surface area contributed by atoms with Gasteiger partial charge in [0.1, 0.15) is 5.75 Å². The van der Waals surface area contributed by atoms with Crippen LogP contribution in [0.25, 0.3) is 0 Å². The first-order chi connectivity index (χ1) is 9.24. The Morgan fingerprint density at radius 2 is 2.26 bits per heavy atom. The summed E-state index contributed by atoms with van der Waals surface area (Å²) in [4.78, 5) is 4.31. The van der Waals surface area contributed by atoms with Crippen molar-refractivity contribution in [1.82, 2.24) is 9.55 Å². The summed E-state index contributed by atoms with van der Waals surface area (Å²) in [5.74, 6) is 1.50. The molecule has 0 bridgehead atoms. The van der Waals surface area contributed by atoms with Gasteiger partial charge in [-0.15, -0.1) is 0 Å². The summed E-state index contributed by atoms with van der Waals surface area (Å²) < 4.78 is 7.23. The number of hydrogen-bond acceptors (Lipinski definition) is 3. The van der Waals surface area contributed by atoms with E-state index in [9.17, 15) is 0 Å². The van der Waals surface area contributed by atoms with Crippen LogP contribution >= 0.6 is 11.6 Å². The Bertz CT molecular complexity index is 539. The molecule has 1 heterocycles. The average molecular weight is 280 g/mol. The number of ether oxygens (including phenoxy) is 1. The maximum absolute atomic E-state index is 6.10. The molecule has 0 saturated carbocycles. The number of aromatic nitrogens is 2. The van der Waals surface area contributed by atoms with Gasteiger partial charge in [-0.25, -0.2) is 4.98 Å². The minimum absolute atomic E-state index is 0.583. The number of nitrogens with zero attached hydrogens (tertiary/aromatic N) is 2. The van der Waals surface area contributed by atoms with Crippen molar-refractivity contribution in [3.63, 3.8) is 0 Å². The second kappa shape index (κ2) is 6.48. The Kier molecular flexibility index (Phi) is 4.68. The Morgan fingerprint density at radius 3 is 2.95 bits per heavy atom. The van der Waals surface area contributed by atoms with Crippen LogP contribution in [-0.4, -0.2) is 16.7 Å². The minimum atomic E-state index is 0.583. The van der Waals surface area contributed by atoms with E-state index in [-0.39, 0.29) is 0 Å². The van der Waals surface area contributed by atoms with E-state index in [1.165, 1.54) is 0 Å². The number of hydrogen-bond donors (Lipinski definition) is 1. The van der Waals surface area contributed by atoms with Crippen LogP contribution in [0.5, 0.6) is 5.75 Å². The molecule has 0 fully saturated rings. The number of anilines is 2. The maximum atomic E-state index is 6.10. The number of unbranched alkanes of at least 4 members (excludes halogenated alkanes) is 1. The third kappa shape index (κ3) is 3.41. The zero-order valence-corrected chi connectivity index (χ0v) is 11.9. The predicted octanol–water partition coefficient (Wildman–Crippen LogP) is 4.09. The van der Waals surface area contributed by atoms with E-state index in [0.717, 1.165) is 31.0 Å². The Balaban J connectivity index is 2.12. The molecule has 2 aromatic rings. The molecule has 1 aromatic heterocycles. The molecule has 0 saturated heterocycles. The summed E-state index contributed by atoms with van der Waals surface area (Å²) in [6, 6.07) is 5.59. The van der Waals surface area contributed by atoms with Crippen LogP contribution < -0.4 is 10.1 Å². The molecule has 2 rings (SSSR count). The highest BCUT2D eigenvalue weighted by atomic mass is 35.5. The molecule has 0 aliphatic rings. The van der Waals surface area contributed by atoms with Crippen LogP contribution in [0.1, 0.15) is 19.8 Å². The van der Waals surface area contributed by atoms with Gasteiger partial charge in [0.05, 0.1) is 12.1 Å².